The molecule has 0 heterocycles. The van der Waals surface area contributed by atoms with Gasteiger partial charge in [-0.05, 0) is 48.9 Å². The van der Waals surface area contributed by atoms with Gasteiger partial charge in [0.25, 0.3) is 0 Å². The highest BCUT2D eigenvalue weighted by Crippen LogP contribution is 2.20. The molecular weight excluding hydrogens is 308 g/mol. The molecule has 0 atom stereocenters. The smallest absolute Gasteiger partial charge is 0.244 e. The Morgan fingerprint density at radius 1 is 0.720 bits per heavy atom. The minimum absolute atomic E-state index is 0.575. The maximum absolute atomic E-state index is 12.2. The summed E-state index contributed by atoms with van der Waals surface area (Å²) in [4.78, 5) is 0.710. The molecule has 0 radical (unpaired) electrons. The van der Waals surface area contributed by atoms with Crippen molar-refractivity contribution < 1.29 is 4.86 Å². The highest BCUT2D eigenvalue weighted by Gasteiger charge is 2.05. The van der Waals surface area contributed by atoms with Gasteiger partial charge in [0.2, 0.25) is 5.69 Å². The first-order valence-corrected chi connectivity index (χ1v) is 9.59. The Kier molecular flexibility index (Phi) is 8.17. The fourth-order valence-corrected chi connectivity index (χ4v) is 2.84. The van der Waals surface area contributed by atoms with Crippen LogP contribution in [0, 0.1) is 5.21 Å². The lowest BCUT2D eigenvalue weighted by Crippen LogP contribution is -1.92. The van der Waals surface area contributed by atoms with Crippen LogP contribution in [0.5, 0.6) is 0 Å². The molecular formula is C22H30N2O. The fourth-order valence-electron chi connectivity index (χ4n) is 2.84. The van der Waals surface area contributed by atoms with E-state index in [0.717, 1.165) is 12.8 Å². The van der Waals surface area contributed by atoms with E-state index >= 15 is 0 Å². The van der Waals surface area contributed by atoms with Crippen LogP contribution >= 0.6 is 0 Å². The standard InChI is InChI=1S/C22H30N2O/c1-3-5-7-9-19-11-15-21(16-12-19)23-24(25)22-17-13-20(14-18-22)10-8-6-4-2/h11-18H,3-10H2,1-2H3. The van der Waals surface area contributed by atoms with Gasteiger partial charge in [0.15, 0.2) is 0 Å². The van der Waals surface area contributed by atoms with E-state index in [1.54, 1.807) is 0 Å². The molecule has 0 spiro atoms. The van der Waals surface area contributed by atoms with Gasteiger partial charge in [0.1, 0.15) is 5.69 Å². The third-order valence-corrected chi connectivity index (χ3v) is 4.44. The van der Waals surface area contributed by atoms with Gasteiger partial charge in [-0.2, -0.15) is 0 Å². The van der Waals surface area contributed by atoms with Crippen LogP contribution in [0.4, 0.5) is 11.4 Å². The number of rotatable bonds is 10. The van der Waals surface area contributed by atoms with Crippen molar-refractivity contribution in [3.63, 3.8) is 0 Å². The summed E-state index contributed by atoms with van der Waals surface area (Å²) in [5, 5.41) is 16.4. The molecule has 2 aromatic carbocycles. The molecule has 0 aliphatic carbocycles. The summed E-state index contributed by atoms with van der Waals surface area (Å²) in [6, 6.07) is 15.8. The van der Waals surface area contributed by atoms with Crippen LogP contribution in [0.3, 0.4) is 0 Å². The zero-order valence-electron chi connectivity index (χ0n) is 15.6. The van der Waals surface area contributed by atoms with Gasteiger partial charge >= 0.3 is 0 Å². The molecule has 2 aromatic rings. The van der Waals surface area contributed by atoms with Gasteiger partial charge < -0.3 is 5.21 Å². The molecule has 0 aliphatic rings. The van der Waals surface area contributed by atoms with Crippen molar-refractivity contribution >= 4 is 11.4 Å². The van der Waals surface area contributed by atoms with Crippen molar-refractivity contribution in [2.24, 2.45) is 5.11 Å². The van der Waals surface area contributed by atoms with Crippen molar-refractivity contribution in [3.05, 3.63) is 64.9 Å². The predicted molar refractivity (Wildman–Crippen MR) is 105 cm³/mol. The second-order valence-electron chi connectivity index (χ2n) is 6.62. The molecule has 0 amide bonds. The van der Waals surface area contributed by atoms with Gasteiger partial charge in [-0.3, -0.25) is 0 Å². The Hall–Kier alpha value is -2.16. The van der Waals surface area contributed by atoms with Crippen LogP contribution in [0.25, 0.3) is 0 Å². The summed E-state index contributed by atoms with van der Waals surface area (Å²) in [6.07, 6.45) is 9.54. The second-order valence-corrected chi connectivity index (χ2v) is 6.62. The molecule has 0 saturated carbocycles. The summed E-state index contributed by atoms with van der Waals surface area (Å²) < 4.78 is 0. The summed E-state index contributed by atoms with van der Waals surface area (Å²) in [7, 11) is 0. The lowest BCUT2D eigenvalue weighted by atomic mass is 10.1. The first-order chi connectivity index (χ1) is 12.2. The van der Waals surface area contributed by atoms with Gasteiger partial charge in [0.05, 0.1) is 0 Å². The maximum Gasteiger partial charge on any atom is 0.244 e. The first kappa shape index (κ1) is 19.2. The molecule has 0 aliphatic heterocycles. The average Bonchev–Trinajstić information content (AvgIpc) is 2.64. The van der Waals surface area contributed by atoms with Gasteiger partial charge in [-0.15, -0.1) is 0 Å². The quantitative estimate of drug-likeness (QED) is 0.197. The molecule has 25 heavy (non-hydrogen) atoms. The summed E-state index contributed by atoms with van der Waals surface area (Å²) in [5.74, 6) is 0. The molecule has 0 aromatic heterocycles. The average molecular weight is 338 g/mol. The Labute approximate surface area is 152 Å². The van der Waals surface area contributed by atoms with Crippen LogP contribution in [-0.4, -0.2) is 4.86 Å². The molecule has 0 fully saturated rings. The topological polar surface area (TPSA) is 38.4 Å². The van der Waals surface area contributed by atoms with Gasteiger partial charge in [-0.1, -0.05) is 68.7 Å². The van der Waals surface area contributed by atoms with Crippen molar-refractivity contribution in [1.82, 2.24) is 0 Å². The first-order valence-electron chi connectivity index (χ1n) is 9.59. The summed E-state index contributed by atoms with van der Waals surface area (Å²) in [5.41, 5.74) is 3.86. The molecule has 3 heteroatoms. The third kappa shape index (κ3) is 6.69. The summed E-state index contributed by atoms with van der Waals surface area (Å²) in [6.45, 7) is 4.42. The van der Waals surface area contributed by atoms with E-state index < -0.39 is 0 Å². The molecule has 134 valence electrons. The van der Waals surface area contributed by atoms with Crippen molar-refractivity contribution in [2.75, 3.05) is 0 Å². The van der Waals surface area contributed by atoms with Crippen LogP contribution in [0.2, 0.25) is 0 Å². The predicted octanol–water partition coefficient (Wildman–Crippen LogP) is 7.08. The third-order valence-electron chi connectivity index (χ3n) is 4.44. The lowest BCUT2D eigenvalue weighted by molar-refractivity contribution is -0.435. The number of aryl methyl sites for hydroxylation is 2. The minimum Gasteiger partial charge on any atom is -0.594 e. The molecule has 0 bridgehead atoms. The molecule has 0 N–H and O–H groups in total. The summed E-state index contributed by atoms with van der Waals surface area (Å²) >= 11 is 0. The normalized spacial score (nSPS) is 11.7. The van der Waals surface area contributed by atoms with E-state index in [-0.39, 0.29) is 0 Å². The van der Waals surface area contributed by atoms with E-state index in [2.05, 4.69) is 31.1 Å². The van der Waals surface area contributed by atoms with Crippen LogP contribution in [-0.2, 0) is 12.8 Å². The van der Waals surface area contributed by atoms with E-state index in [4.69, 9.17) is 0 Å². The Morgan fingerprint density at radius 3 is 1.68 bits per heavy atom. The van der Waals surface area contributed by atoms with Gasteiger partial charge in [0, 0.05) is 17.2 Å². The van der Waals surface area contributed by atoms with Crippen molar-refractivity contribution in [2.45, 2.75) is 65.2 Å². The fraction of sp³-hybridized carbons (Fsp3) is 0.455. The molecule has 0 unspecified atom stereocenters. The Morgan fingerprint density at radius 2 is 1.20 bits per heavy atom. The van der Waals surface area contributed by atoms with Crippen molar-refractivity contribution in [3.8, 4) is 0 Å². The van der Waals surface area contributed by atoms with Crippen molar-refractivity contribution in [1.29, 1.82) is 0 Å². The number of unbranched alkanes of at least 4 members (excludes halogenated alkanes) is 4. The highest BCUT2D eigenvalue weighted by atomic mass is 16.5. The highest BCUT2D eigenvalue weighted by molar-refractivity contribution is 5.38. The van der Waals surface area contributed by atoms with E-state index in [9.17, 15) is 5.21 Å². The zero-order chi connectivity index (χ0) is 17.9. The van der Waals surface area contributed by atoms with E-state index in [0.29, 0.717) is 16.2 Å². The largest absolute Gasteiger partial charge is 0.594 e. The van der Waals surface area contributed by atoms with Crippen LogP contribution < -0.4 is 0 Å². The number of azo groups is 1. The Balaban J connectivity index is 1.95. The molecule has 3 nitrogen and oxygen atoms in total. The van der Waals surface area contributed by atoms with Gasteiger partial charge in [-0.25, -0.2) is 0 Å². The monoisotopic (exact) mass is 338 g/mol. The number of hydrogen-bond donors (Lipinski definition) is 0. The van der Waals surface area contributed by atoms with E-state index in [1.807, 2.05) is 36.4 Å². The molecule has 0 saturated heterocycles. The zero-order valence-corrected chi connectivity index (χ0v) is 15.6. The number of hydrogen-bond acceptors (Lipinski definition) is 2. The number of nitrogens with zero attached hydrogens (tertiary/aromatic N) is 2. The Bertz CT molecular complexity index is 645. The minimum atomic E-state index is 0.575. The molecule has 2 rings (SSSR count). The number of benzene rings is 2. The van der Waals surface area contributed by atoms with Crippen LogP contribution in [0.15, 0.2) is 53.6 Å². The maximum atomic E-state index is 12.2. The van der Waals surface area contributed by atoms with Crippen LogP contribution in [0.1, 0.15) is 63.5 Å². The second kappa shape index (κ2) is 10.7. The van der Waals surface area contributed by atoms with E-state index in [1.165, 1.54) is 49.7 Å². The lowest BCUT2D eigenvalue weighted by Gasteiger charge is -2.03. The SMILES string of the molecule is CCCCCc1ccc(N=[N+]([O-])c2ccc(CCCCC)cc2)cc1.